The highest BCUT2D eigenvalue weighted by Crippen LogP contribution is 2.37. The van der Waals surface area contributed by atoms with Gasteiger partial charge in [-0.1, -0.05) is 59.5 Å². The molecule has 0 aliphatic carbocycles. The van der Waals surface area contributed by atoms with Gasteiger partial charge in [-0.25, -0.2) is 9.59 Å². The zero-order chi connectivity index (χ0) is 43.7. The number of rotatable bonds is 16. The molecule has 0 unspecified atom stereocenters. The van der Waals surface area contributed by atoms with Crippen LogP contribution in [-0.2, 0) is 41.0 Å². The Bertz CT molecular complexity index is 2170. The summed E-state index contributed by atoms with van der Waals surface area (Å²) in [5, 5.41) is 4.66. The summed E-state index contributed by atoms with van der Waals surface area (Å²) in [6.45, 7) is 7.67. The molecular formula is C42H34F6N2O8S2. The summed E-state index contributed by atoms with van der Waals surface area (Å²) in [5.41, 5.74) is -4.52. The number of hydrogen-bond acceptors (Lipinski definition) is 10. The summed E-state index contributed by atoms with van der Waals surface area (Å²) < 4.78 is 105. The SMILES string of the molecule is C=CC(=O)OCCCCOc1ccc(C#Cc2ccc(NC(=O)C(=O)Nc3ccc(C#Cc4ccc(OCCCCOC(=O)C=C)s4)cc3C(F)(F)F)c(C(F)(F)F)c2)s1. The van der Waals surface area contributed by atoms with Gasteiger partial charge in [0.1, 0.15) is 0 Å². The van der Waals surface area contributed by atoms with Crippen LogP contribution < -0.4 is 20.1 Å². The van der Waals surface area contributed by atoms with E-state index in [4.69, 9.17) is 18.9 Å². The van der Waals surface area contributed by atoms with Crippen LogP contribution in [0.2, 0.25) is 0 Å². The molecule has 0 saturated heterocycles. The molecule has 0 atom stereocenters. The Morgan fingerprint density at radius 3 is 1.32 bits per heavy atom. The lowest BCUT2D eigenvalue weighted by molar-refractivity contribution is -0.138. The van der Waals surface area contributed by atoms with Crippen LogP contribution in [0.25, 0.3) is 0 Å². The van der Waals surface area contributed by atoms with Gasteiger partial charge in [0.2, 0.25) is 0 Å². The number of unbranched alkanes of at least 4 members (excludes halogenated alkanes) is 2. The second-order valence-electron chi connectivity index (χ2n) is 12.0. The molecule has 0 fully saturated rings. The van der Waals surface area contributed by atoms with Crippen molar-refractivity contribution in [2.45, 2.75) is 38.0 Å². The van der Waals surface area contributed by atoms with Gasteiger partial charge in [0.15, 0.2) is 10.1 Å². The van der Waals surface area contributed by atoms with Gasteiger partial charge in [-0.15, -0.1) is 0 Å². The minimum atomic E-state index is -5.02. The van der Waals surface area contributed by atoms with Crippen molar-refractivity contribution in [2.24, 2.45) is 0 Å². The fourth-order valence-electron chi connectivity index (χ4n) is 4.70. The van der Waals surface area contributed by atoms with Crippen LogP contribution in [0.5, 0.6) is 10.1 Å². The quantitative estimate of drug-likeness (QED) is 0.0285. The van der Waals surface area contributed by atoms with E-state index in [2.05, 4.69) is 36.8 Å². The van der Waals surface area contributed by atoms with Crippen LogP contribution in [0.15, 0.2) is 86.0 Å². The molecule has 2 amide bonds. The molecule has 0 saturated carbocycles. The summed E-state index contributed by atoms with van der Waals surface area (Å²) in [4.78, 5) is 48.5. The third kappa shape index (κ3) is 15.0. The summed E-state index contributed by atoms with van der Waals surface area (Å²) in [6.07, 6.45) is -5.63. The van der Waals surface area contributed by atoms with E-state index in [0.717, 1.165) is 47.0 Å². The van der Waals surface area contributed by atoms with Gasteiger partial charge in [-0.05, 0) is 86.3 Å². The van der Waals surface area contributed by atoms with Crippen molar-refractivity contribution in [3.05, 3.63) is 118 Å². The van der Waals surface area contributed by atoms with Gasteiger partial charge in [0, 0.05) is 23.3 Å². The number of benzene rings is 2. The largest absolute Gasteiger partial charge is 0.484 e. The molecule has 4 aromatic rings. The molecule has 314 valence electrons. The molecule has 4 rings (SSSR count). The van der Waals surface area contributed by atoms with E-state index < -0.39 is 58.6 Å². The Kier molecular flexibility index (Phi) is 17.0. The Morgan fingerprint density at radius 1 is 0.567 bits per heavy atom. The van der Waals surface area contributed by atoms with Gasteiger partial charge >= 0.3 is 36.1 Å². The lowest BCUT2D eigenvalue weighted by atomic mass is 10.1. The lowest BCUT2D eigenvalue weighted by Gasteiger charge is -2.16. The third-order valence-corrected chi connectivity index (χ3v) is 9.39. The molecule has 2 aromatic carbocycles. The second kappa shape index (κ2) is 22.0. The van der Waals surface area contributed by atoms with Crippen molar-refractivity contribution in [3.63, 3.8) is 0 Å². The zero-order valence-electron chi connectivity index (χ0n) is 31.3. The van der Waals surface area contributed by atoms with Crippen LogP contribution in [0.4, 0.5) is 37.7 Å². The number of anilines is 2. The minimum absolute atomic E-state index is 0.0852. The number of hydrogen-bond donors (Lipinski definition) is 2. The highest BCUT2D eigenvalue weighted by atomic mass is 32.1. The monoisotopic (exact) mass is 872 g/mol. The minimum Gasteiger partial charge on any atom is -0.484 e. The molecule has 2 aromatic heterocycles. The van der Waals surface area contributed by atoms with E-state index >= 15 is 0 Å². The molecule has 2 heterocycles. The van der Waals surface area contributed by atoms with Crippen molar-refractivity contribution >= 4 is 57.8 Å². The molecule has 0 radical (unpaired) electrons. The van der Waals surface area contributed by atoms with Crippen molar-refractivity contribution in [2.75, 3.05) is 37.1 Å². The van der Waals surface area contributed by atoms with Crippen LogP contribution in [0.3, 0.4) is 0 Å². The maximum absolute atomic E-state index is 14.1. The fourth-order valence-corrected chi connectivity index (χ4v) is 6.17. The van der Waals surface area contributed by atoms with E-state index in [-0.39, 0.29) is 24.3 Å². The lowest BCUT2D eigenvalue weighted by Crippen LogP contribution is -2.31. The van der Waals surface area contributed by atoms with Gasteiger partial charge < -0.3 is 29.6 Å². The number of halogens is 6. The van der Waals surface area contributed by atoms with E-state index in [1.54, 1.807) is 24.3 Å². The molecule has 18 heteroatoms. The average molecular weight is 873 g/mol. The topological polar surface area (TPSA) is 129 Å². The first-order valence-electron chi connectivity index (χ1n) is 17.7. The molecule has 0 aliphatic heterocycles. The van der Waals surface area contributed by atoms with Gasteiger partial charge in [0.05, 0.1) is 58.7 Å². The maximum Gasteiger partial charge on any atom is 0.418 e. The van der Waals surface area contributed by atoms with Crippen molar-refractivity contribution < 1.29 is 64.5 Å². The number of esters is 2. The first-order valence-corrected chi connectivity index (χ1v) is 19.3. The predicted octanol–water partition coefficient (Wildman–Crippen LogP) is 9.00. The summed E-state index contributed by atoms with van der Waals surface area (Å²) in [5.74, 6) is 6.31. The van der Waals surface area contributed by atoms with E-state index in [1.165, 1.54) is 12.1 Å². The normalized spacial score (nSPS) is 10.8. The Hall–Kier alpha value is -6.50. The van der Waals surface area contributed by atoms with Crippen LogP contribution in [-0.4, -0.2) is 50.2 Å². The second-order valence-corrected chi connectivity index (χ2v) is 14.1. The van der Waals surface area contributed by atoms with E-state index in [9.17, 15) is 45.5 Å². The standard InChI is InChI=1S/C42H34F6N2O8S2/c1-3-35(51)55-21-5-7-23-57-37-19-15-29(59-37)13-9-27-11-17-33(31(25-27)41(43,44)45)49-39(53)40(54)50-34-18-12-28(26-32(34)42(46,47)48)10-14-30-16-20-38(60-30)58-24-8-6-22-56-36(52)4-2/h3-4,11-12,15-20,25-26H,1-2,5-8,21-24H2,(H,49,53)(H,50,54). The molecule has 0 aliphatic rings. The molecule has 0 spiro atoms. The maximum atomic E-state index is 14.1. The summed E-state index contributed by atoms with van der Waals surface area (Å²) >= 11 is 2.30. The molecule has 2 N–H and O–H groups in total. The van der Waals surface area contributed by atoms with Gasteiger partial charge in [0.25, 0.3) is 0 Å². The molecular weight excluding hydrogens is 839 g/mol. The number of alkyl halides is 6. The zero-order valence-corrected chi connectivity index (χ0v) is 33.0. The summed E-state index contributed by atoms with van der Waals surface area (Å²) in [7, 11) is 0. The number of amides is 2. The predicted molar refractivity (Wildman–Crippen MR) is 213 cm³/mol. The Labute approximate surface area is 348 Å². The Balaban J connectivity index is 1.36. The fraction of sp³-hybridized carbons (Fsp3) is 0.238. The molecule has 0 bridgehead atoms. The van der Waals surface area contributed by atoms with Crippen LogP contribution in [0, 0.1) is 23.7 Å². The molecule has 60 heavy (non-hydrogen) atoms. The van der Waals surface area contributed by atoms with Crippen molar-refractivity contribution in [1.29, 1.82) is 0 Å². The van der Waals surface area contributed by atoms with Crippen molar-refractivity contribution in [3.8, 4) is 33.8 Å². The van der Waals surface area contributed by atoms with E-state index in [1.807, 2.05) is 10.6 Å². The van der Waals surface area contributed by atoms with E-state index in [0.29, 0.717) is 70.9 Å². The first kappa shape index (κ1) is 46.2. The first-order chi connectivity index (χ1) is 28.5. The average Bonchev–Trinajstić information content (AvgIpc) is 3.87. The number of thiophene rings is 2. The highest BCUT2D eigenvalue weighted by Gasteiger charge is 2.36. The summed E-state index contributed by atoms with van der Waals surface area (Å²) in [6, 6.07) is 11.9. The number of carbonyl (C=O) groups is 4. The van der Waals surface area contributed by atoms with Crippen LogP contribution >= 0.6 is 22.7 Å². The number of carbonyl (C=O) groups excluding carboxylic acids is 4. The van der Waals surface area contributed by atoms with Gasteiger partial charge in [-0.3, -0.25) is 9.59 Å². The van der Waals surface area contributed by atoms with Crippen LogP contribution in [0.1, 0.15) is 57.7 Å². The molecule has 10 nitrogen and oxygen atoms in total. The third-order valence-electron chi connectivity index (χ3n) is 7.56. The van der Waals surface area contributed by atoms with Gasteiger partial charge in [-0.2, -0.15) is 26.3 Å². The highest BCUT2D eigenvalue weighted by molar-refractivity contribution is 7.14. The number of nitrogens with one attached hydrogen (secondary N) is 2. The Morgan fingerprint density at radius 2 is 0.950 bits per heavy atom. The smallest absolute Gasteiger partial charge is 0.418 e. The number of ether oxygens (including phenoxy) is 4. The van der Waals surface area contributed by atoms with Crippen molar-refractivity contribution in [1.82, 2.24) is 0 Å².